The molecule has 2 N–H and O–H groups in total. The molecule has 0 aliphatic carbocycles. The van der Waals surface area contributed by atoms with Crippen molar-refractivity contribution in [3.8, 4) is 0 Å². The first-order valence-corrected chi connectivity index (χ1v) is 9.69. The monoisotopic (exact) mass is 449 g/mol. The molecule has 0 saturated heterocycles. The zero-order chi connectivity index (χ0) is 19.2. The lowest BCUT2D eigenvalue weighted by Crippen LogP contribution is -2.24. The summed E-state index contributed by atoms with van der Waals surface area (Å²) in [6.45, 7) is 0.203. The number of nitrogens with zero attached hydrogens (tertiary/aromatic N) is 3. The number of halogens is 1. The summed E-state index contributed by atoms with van der Waals surface area (Å²) in [6.07, 6.45) is 1.44. The predicted molar refractivity (Wildman–Crippen MR) is 104 cm³/mol. The average molecular weight is 450 g/mol. The maximum atomic E-state index is 12.1. The minimum atomic E-state index is -0.328. The molecule has 1 aromatic carbocycles. The molecule has 0 unspecified atom stereocenters. The van der Waals surface area contributed by atoms with Crippen LogP contribution in [0.15, 0.2) is 56.7 Å². The van der Waals surface area contributed by atoms with E-state index in [1.54, 1.807) is 23.7 Å². The standard InChI is InChI=1S/C17H16BrN5O3S/c1-23-14(9-19-16(25)13-3-2-8-26-13)21-22-17(23)27-10-15(24)20-12-6-4-11(18)5-7-12/h2-8H,9-10H2,1H3,(H,19,25)(H,20,24). The Bertz CT molecular complexity index is 925. The van der Waals surface area contributed by atoms with Crippen molar-refractivity contribution >= 4 is 45.2 Å². The van der Waals surface area contributed by atoms with Crippen LogP contribution in [0.25, 0.3) is 0 Å². The number of nitrogens with one attached hydrogen (secondary N) is 2. The molecular formula is C17H16BrN5O3S. The number of thioether (sulfide) groups is 1. The maximum Gasteiger partial charge on any atom is 0.287 e. The lowest BCUT2D eigenvalue weighted by Gasteiger charge is -2.06. The van der Waals surface area contributed by atoms with Crippen LogP contribution in [0.1, 0.15) is 16.4 Å². The van der Waals surface area contributed by atoms with Gasteiger partial charge in [0.05, 0.1) is 18.6 Å². The fourth-order valence-electron chi connectivity index (χ4n) is 2.14. The van der Waals surface area contributed by atoms with E-state index in [2.05, 4.69) is 36.8 Å². The van der Waals surface area contributed by atoms with Crippen LogP contribution in [-0.2, 0) is 18.4 Å². The van der Waals surface area contributed by atoms with Gasteiger partial charge in [0.2, 0.25) is 5.91 Å². The summed E-state index contributed by atoms with van der Waals surface area (Å²) in [5.41, 5.74) is 0.725. The Morgan fingerprint density at radius 1 is 1.22 bits per heavy atom. The molecule has 8 nitrogen and oxygen atoms in total. The van der Waals surface area contributed by atoms with Gasteiger partial charge in [0.1, 0.15) is 0 Å². The van der Waals surface area contributed by atoms with Gasteiger partial charge in [-0.25, -0.2) is 0 Å². The van der Waals surface area contributed by atoms with E-state index < -0.39 is 0 Å². The van der Waals surface area contributed by atoms with Gasteiger partial charge in [-0.3, -0.25) is 9.59 Å². The van der Waals surface area contributed by atoms with Crippen LogP contribution in [0.2, 0.25) is 0 Å². The number of carbonyl (C=O) groups excluding carboxylic acids is 2. The van der Waals surface area contributed by atoms with Crippen molar-refractivity contribution in [2.24, 2.45) is 7.05 Å². The van der Waals surface area contributed by atoms with Crippen molar-refractivity contribution in [2.45, 2.75) is 11.7 Å². The zero-order valence-corrected chi connectivity index (χ0v) is 16.7. The largest absolute Gasteiger partial charge is 0.459 e. The number of amides is 2. The second-order valence-electron chi connectivity index (χ2n) is 5.46. The number of benzene rings is 1. The van der Waals surface area contributed by atoms with Gasteiger partial charge in [0.25, 0.3) is 5.91 Å². The molecule has 3 aromatic rings. The summed E-state index contributed by atoms with van der Waals surface area (Å²) in [5, 5.41) is 14.2. The Morgan fingerprint density at radius 2 is 2.00 bits per heavy atom. The van der Waals surface area contributed by atoms with Crippen LogP contribution in [0.3, 0.4) is 0 Å². The Kier molecular flexibility index (Phi) is 6.30. The highest BCUT2D eigenvalue weighted by atomic mass is 79.9. The number of aromatic nitrogens is 3. The van der Waals surface area contributed by atoms with E-state index in [9.17, 15) is 9.59 Å². The summed E-state index contributed by atoms with van der Waals surface area (Å²) < 4.78 is 7.71. The molecule has 0 aliphatic rings. The fourth-order valence-corrected chi connectivity index (χ4v) is 3.13. The van der Waals surface area contributed by atoms with Crippen molar-refractivity contribution in [2.75, 3.05) is 11.1 Å². The van der Waals surface area contributed by atoms with E-state index >= 15 is 0 Å². The van der Waals surface area contributed by atoms with Gasteiger partial charge in [0.15, 0.2) is 16.7 Å². The first-order valence-electron chi connectivity index (χ1n) is 7.91. The summed E-state index contributed by atoms with van der Waals surface area (Å²) in [6, 6.07) is 10.6. The summed E-state index contributed by atoms with van der Waals surface area (Å²) >= 11 is 4.62. The van der Waals surface area contributed by atoms with E-state index in [1.165, 1.54) is 18.0 Å². The smallest absolute Gasteiger partial charge is 0.287 e. The highest BCUT2D eigenvalue weighted by Crippen LogP contribution is 2.18. The first-order chi connectivity index (χ1) is 13.0. The quantitative estimate of drug-likeness (QED) is 0.537. The Hall–Kier alpha value is -2.59. The molecule has 0 fully saturated rings. The summed E-state index contributed by atoms with van der Waals surface area (Å²) in [7, 11) is 1.78. The van der Waals surface area contributed by atoms with Gasteiger partial charge in [-0.15, -0.1) is 10.2 Å². The molecule has 2 aromatic heterocycles. The number of furan rings is 1. The predicted octanol–water partition coefficient (Wildman–Crippen LogP) is 2.83. The van der Waals surface area contributed by atoms with Gasteiger partial charge < -0.3 is 19.6 Å². The van der Waals surface area contributed by atoms with Crippen LogP contribution >= 0.6 is 27.7 Å². The Morgan fingerprint density at radius 3 is 2.70 bits per heavy atom. The van der Waals surface area contributed by atoms with E-state index in [0.29, 0.717) is 11.0 Å². The first kappa shape index (κ1) is 19.2. The number of anilines is 1. The van der Waals surface area contributed by atoms with E-state index in [4.69, 9.17) is 4.42 Å². The Labute approximate surface area is 167 Å². The normalized spacial score (nSPS) is 10.6. The molecular weight excluding hydrogens is 434 g/mol. The molecule has 27 heavy (non-hydrogen) atoms. The number of carbonyl (C=O) groups is 2. The number of rotatable bonds is 7. The van der Waals surface area contributed by atoms with Crippen LogP contribution in [0.4, 0.5) is 5.69 Å². The van der Waals surface area contributed by atoms with Crippen molar-refractivity contribution in [3.05, 3.63) is 58.7 Å². The van der Waals surface area contributed by atoms with Crippen molar-refractivity contribution in [1.82, 2.24) is 20.1 Å². The van der Waals surface area contributed by atoms with Gasteiger partial charge >= 0.3 is 0 Å². The maximum absolute atomic E-state index is 12.1. The second kappa shape index (κ2) is 8.87. The van der Waals surface area contributed by atoms with Crippen LogP contribution < -0.4 is 10.6 Å². The Balaban J connectivity index is 1.50. The number of hydrogen-bond donors (Lipinski definition) is 2. The van der Waals surface area contributed by atoms with Crippen molar-refractivity contribution in [3.63, 3.8) is 0 Å². The molecule has 3 rings (SSSR count). The molecule has 2 amide bonds. The SMILES string of the molecule is Cn1c(CNC(=O)c2ccco2)nnc1SCC(=O)Nc1ccc(Br)cc1. The minimum Gasteiger partial charge on any atom is -0.459 e. The van der Waals surface area contributed by atoms with E-state index in [-0.39, 0.29) is 29.9 Å². The number of hydrogen-bond acceptors (Lipinski definition) is 6. The van der Waals surface area contributed by atoms with Gasteiger partial charge in [-0.1, -0.05) is 27.7 Å². The lowest BCUT2D eigenvalue weighted by atomic mass is 10.3. The van der Waals surface area contributed by atoms with Crippen LogP contribution in [0, 0.1) is 0 Å². The summed E-state index contributed by atoms with van der Waals surface area (Å²) in [5.74, 6) is 0.534. The lowest BCUT2D eigenvalue weighted by molar-refractivity contribution is -0.113. The van der Waals surface area contributed by atoms with Gasteiger partial charge in [-0.05, 0) is 36.4 Å². The van der Waals surface area contributed by atoms with Crippen molar-refractivity contribution in [1.29, 1.82) is 0 Å². The molecule has 0 spiro atoms. The highest BCUT2D eigenvalue weighted by Gasteiger charge is 2.14. The molecule has 0 radical (unpaired) electrons. The summed E-state index contributed by atoms with van der Waals surface area (Å²) in [4.78, 5) is 24.0. The topological polar surface area (TPSA) is 102 Å². The fraction of sp³-hybridized carbons (Fsp3) is 0.176. The van der Waals surface area contributed by atoms with E-state index in [0.717, 1.165) is 10.2 Å². The third-order valence-corrected chi connectivity index (χ3v) is 5.09. The molecule has 10 heteroatoms. The third-order valence-electron chi connectivity index (χ3n) is 3.54. The van der Waals surface area contributed by atoms with Crippen molar-refractivity contribution < 1.29 is 14.0 Å². The molecule has 2 heterocycles. The molecule has 0 aliphatic heterocycles. The van der Waals surface area contributed by atoms with E-state index in [1.807, 2.05) is 24.3 Å². The van der Waals surface area contributed by atoms with Crippen LogP contribution in [-0.4, -0.2) is 32.3 Å². The molecule has 0 atom stereocenters. The molecule has 0 bridgehead atoms. The van der Waals surface area contributed by atoms with Gasteiger partial charge in [-0.2, -0.15) is 0 Å². The minimum absolute atomic E-state index is 0.141. The zero-order valence-electron chi connectivity index (χ0n) is 14.3. The van der Waals surface area contributed by atoms with Crippen LogP contribution in [0.5, 0.6) is 0 Å². The van der Waals surface area contributed by atoms with Gasteiger partial charge in [0, 0.05) is 17.2 Å². The molecule has 0 saturated carbocycles. The highest BCUT2D eigenvalue weighted by molar-refractivity contribution is 9.10. The second-order valence-corrected chi connectivity index (χ2v) is 7.32. The third kappa shape index (κ3) is 5.20. The average Bonchev–Trinajstić information content (AvgIpc) is 3.31. The molecule has 140 valence electrons.